The minimum Gasteiger partial charge on any atom is -0.490 e. The van der Waals surface area contributed by atoms with Crippen molar-refractivity contribution in [3.05, 3.63) is 90.0 Å². The van der Waals surface area contributed by atoms with Crippen molar-refractivity contribution < 1.29 is 4.74 Å². The van der Waals surface area contributed by atoms with E-state index in [1.807, 2.05) is 6.07 Å². The van der Waals surface area contributed by atoms with Crippen molar-refractivity contribution in [1.82, 2.24) is 0 Å². The standard InChI is InChI=1S/C32H40O/c1-3-5-6-7-25-10-15-28(16-11-25)29-17-12-26(13-18-29)8-9-27-14-19-31-24-32(33-22-4-2)21-20-30(31)23-27/h4,12-14,17-21,23-25,28H,2-3,5-11,15-16,22H2,1H3. The van der Waals surface area contributed by atoms with Gasteiger partial charge in [0.2, 0.25) is 0 Å². The number of hydrogen-bond acceptors (Lipinski definition) is 1. The minimum atomic E-state index is 0.544. The molecule has 33 heavy (non-hydrogen) atoms. The first-order valence-corrected chi connectivity index (χ1v) is 13.1. The topological polar surface area (TPSA) is 9.23 Å². The molecule has 0 spiro atoms. The van der Waals surface area contributed by atoms with Gasteiger partial charge >= 0.3 is 0 Å². The molecule has 0 aromatic heterocycles. The van der Waals surface area contributed by atoms with Gasteiger partial charge in [-0.3, -0.25) is 0 Å². The van der Waals surface area contributed by atoms with Gasteiger partial charge in [-0.2, -0.15) is 0 Å². The van der Waals surface area contributed by atoms with Crippen molar-refractivity contribution >= 4 is 10.8 Å². The molecule has 174 valence electrons. The molecule has 0 N–H and O–H groups in total. The van der Waals surface area contributed by atoms with E-state index < -0.39 is 0 Å². The summed E-state index contributed by atoms with van der Waals surface area (Å²) in [5.74, 6) is 2.67. The zero-order valence-corrected chi connectivity index (χ0v) is 20.4. The molecule has 3 aromatic rings. The third-order valence-electron chi connectivity index (χ3n) is 7.46. The lowest BCUT2D eigenvalue weighted by Gasteiger charge is -2.29. The van der Waals surface area contributed by atoms with E-state index >= 15 is 0 Å². The first-order valence-electron chi connectivity index (χ1n) is 13.1. The maximum absolute atomic E-state index is 5.66. The van der Waals surface area contributed by atoms with E-state index in [-0.39, 0.29) is 0 Å². The maximum atomic E-state index is 5.66. The number of rotatable bonds is 11. The lowest BCUT2D eigenvalue weighted by atomic mass is 9.77. The molecule has 0 bridgehead atoms. The SMILES string of the molecule is C=CCOc1ccc2cc(CCc3ccc(C4CCC(CCCCC)CC4)cc3)ccc2c1. The zero-order chi connectivity index (χ0) is 22.9. The smallest absolute Gasteiger partial charge is 0.120 e. The largest absolute Gasteiger partial charge is 0.490 e. The summed E-state index contributed by atoms with van der Waals surface area (Å²) >= 11 is 0. The molecular formula is C32H40O. The molecule has 0 heterocycles. The minimum absolute atomic E-state index is 0.544. The normalized spacial score (nSPS) is 18.3. The van der Waals surface area contributed by atoms with E-state index in [1.165, 1.54) is 73.3 Å². The third-order valence-corrected chi connectivity index (χ3v) is 7.46. The number of hydrogen-bond donors (Lipinski definition) is 0. The second-order valence-corrected chi connectivity index (χ2v) is 9.90. The molecule has 1 saturated carbocycles. The van der Waals surface area contributed by atoms with E-state index in [2.05, 4.69) is 68.1 Å². The molecule has 3 aromatic carbocycles. The molecule has 0 saturated heterocycles. The average Bonchev–Trinajstić information content (AvgIpc) is 2.87. The van der Waals surface area contributed by atoms with Gasteiger partial charge in [0.1, 0.15) is 12.4 Å². The van der Waals surface area contributed by atoms with Gasteiger partial charge in [-0.1, -0.05) is 93.8 Å². The molecule has 0 aliphatic heterocycles. The van der Waals surface area contributed by atoms with Crippen molar-refractivity contribution in [3.8, 4) is 5.75 Å². The van der Waals surface area contributed by atoms with E-state index in [4.69, 9.17) is 4.74 Å². The quantitative estimate of drug-likeness (QED) is 0.213. The predicted molar refractivity (Wildman–Crippen MR) is 142 cm³/mol. The van der Waals surface area contributed by atoms with Crippen LogP contribution in [0, 0.1) is 5.92 Å². The van der Waals surface area contributed by atoms with E-state index in [9.17, 15) is 0 Å². The number of ether oxygens (including phenoxy) is 1. The summed E-state index contributed by atoms with van der Waals surface area (Å²) in [6.07, 6.45) is 15.2. The molecule has 1 nitrogen and oxygen atoms in total. The Morgan fingerprint density at radius 2 is 1.52 bits per heavy atom. The number of aryl methyl sites for hydroxylation is 2. The summed E-state index contributed by atoms with van der Waals surface area (Å²) in [6.45, 7) is 6.56. The van der Waals surface area contributed by atoms with Crippen molar-refractivity contribution in [2.45, 2.75) is 77.0 Å². The van der Waals surface area contributed by atoms with Gasteiger partial charge in [-0.05, 0) is 90.0 Å². The van der Waals surface area contributed by atoms with Gasteiger partial charge in [0.15, 0.2) is 0 Å². The number of benzene rings is 3. The van der Waals surface area contributed by atoms with Crippen molar-refractivity contribution in [1.29, 1.82) is 0 Å². The molecule has 0 radical (unpaired) electrons. The van der Waals surface area contributed by atoms with Gasteiger partial charge in [-0.15, -0.1) is 0 Å². The van der Waals surface area contributed by atoms with Gasteiger partial charge < -0.3 is 4.74 Å². The van der Waals surface area contributed by atoms with Crippen LogP contribution in [-0.2, 0) is 12.8 Å². The van der Waals surface area contributed by atoms with Crippen LogP contribution in [0.4, 0.5) is 0 Å². The van der Waals surface area contributed by atoms with Crippen LogP contribution >= 0.6 is 0 Å². The molecular weight excluding hydrogens is 400 g/mol. The van der Waals surface area contributed by atoms with Crippen LogP contribution in [0.5, 0.6) is 5.75 Å². The second kappa shape index (κ2) is 12.1. The Hall–Kier alpha value is -2.54. The van der Waals surface area contributed by atoms with E-state index in [0.717, 1.165) is 30.4 Å². The molecule has 1 heteroatoms. The molecule has 4 rings (SSSR count). The Morgan fingerprint density at radius 3 is 2.27 bits per heavy atom. The molecule has 1 fully saturated rings. The summed E-state index contributed by atoms with van der Waals surface area (Å²) in [6, 6.07) is 22.7. The Bertz CT molecular complexity index is 1010. The Morgan fingerprint density at radius 1 is 0.818 bits per heavy atom. The van der Waals surface area contributed by atoms with Gasteiger partial charge in [0.25, 0.3) is 0 Å². The van der Waals surface area contributed by atoms with E-state index in [0.29, 0.717) is 6.61 Å². The fourth-order valence-electron chi connectivity index (χ4n) is 5.39. The summed E-state index contributed by atoms with van der Waals surface area (Å²) in [5.41, 5.74) is 4.40. The molecule has 0 amide bonds. The summed E-state index contributed by atoms with van der Waals surface area (Å²) in [5, 5.41) is 2.50. The molecule has 0 atom stereocenters. The van der Waals surface area contributed by atoms with Crippen LogP contribution in [0.1, 0.15) is 80.9 Å². The number of unbranched alkanes of at least 4 members (excludes halogenated alkanes) is 2. The highest BCUT2D eigenvalue weighted by Crippen LogP contribution is 2.37. The van der Waals surface area contributed by atoms with E-state index in [1.54, 1.807) is 11.6 Å². The lowest BCUT2D eigenvalue weighted by molar-refractivity contribution is 0.303. The summed E-state index contributed by atoms with van der Waals surface area (Å²) in [7, 11) is 0. The number of fused-ring (bicyclic) bond motifs is 1. The Kier molecular flexibility index (Phi) is 8.64. The lowest BCUT2D eigenvalue weighted by Crippen LogP contribution is -2.13. The monoisotopic (exact) mass is 440 g/mol. The summed E-state index contributed by atoms with van der Waals surface area (Å²) < 4.78 is 5.66. The van der Waals surface area contributed by atoms with Crippen molar-refractivity contribution in [2.24, 2.45) is 5.92 Å². The highest BCUT2D eigenvalue weighted by Gasteiger charge is 2.21. The molecule has 1 aliphatic carbocycles. The second-order valence-electron chi connectivity index (χ2n) is 9.90. The third kappa shape index (κ3) is 6.73. The fraction of sp³-hybridized carbons (Fsp3) is 0.438. The van der Waals surface area contributed by atoms with Gasteiger partial charge in [0.05, 0.1) is 0 Å². The van der Waals surface area contributed by atoms with Crippen LogP contribution in [0.3, 0.4) is 0 Å². The Labute approximate surface area is 200 Å². The maximum Gasteiger partial charge on any atom is 0.120 e. The van der Waals surface area contributed by atoms with Crippen LogP contribution in [0.15, 0.2) is 73.3 Å². The van der Waals surface area contributed by atoms with Gasteiger partial charge in [-0.25, -0.2) is 0 Å². The van der Waals surface area contributed by atoms with Crippen LogP contribution < -0.4 is 4.74 Å². The van der Waals surface area contributed by atoms with Crippen LogP contribution in [0.2, 0.25) is 0 Å². The predicted octanol–water partition coefficient (Wildman–Crippen LogP) is 9.04. The van der Waals surface area contributed by atoms with Crippen molar-refractivity contribution in [3.63, 3.8) is 0 Å². The highest BCUT2D eigenvalue weighted by molar-refractivity contribution is 5.84. The average molecular weight is 441 g/mol. The highest BCUT2D eigenvalue weighted by atomic mass is 16.5. The van der Waals surface area contributed by atoms with Crippen molar-refractivity contribution in [2.75, 3.05) is 6.61 Å². The van der Waals surface area contributed by atoms with Crippen LogP contribution in [0.25, 0.3) is 10.8 Å². The Balaban J connectivity index is 1.28. The fourth-order valence-corrected chi connectivity index (χ4v) is 5.39. The zero-order valence-electron chi connectivity index (χ0n) is 20.4. The van der Waals surface area contributed by atoms with Gasteiger partial charge in [0, 0.05) is 0 Å². The first-order chi connectivity index (χ1) is 16.2. The molecule has 0 unspecified atom stereocenters. The molecule has 1 aliphatic rings. The summed E-state index contributed by atoms with van der Waals surface area (Å²) in [4.78, 5) is 0. The first kappa shape index (κ1) is 23.6. The van der Waals surface area contributed by atoms with Crippen LogP contribution in [-0.4, -0.2) is 6.61 Å².